The summed E-state index contributed by atoms with van der Waals surface area (Å²) in [6, 6.07) is -0.512. The van der Waals surface area contributed by atoms with Crippen molar-refractivity contribution in [2.24, 2.45) is 0 Å². The maximum atomic E-state index is 10.4. The van der Waals surface area contributed by atoms with Crippen LogP contribution in [0.5, 0.6) is 0 Å². The predicted molar refractivity (Wildman–Crippen MR) is 34.4 cm³/mol. The third-order valence-electron chi connectivity index (χ3n) is 1.57. The summed E-state index contributed by atoms with van der Waals surface area (Å²) in [7, 11) is 0. The molecule has 1 saturated heterocycles. The average molecular weight is 145 g/mol. The average Bonchev–Trinajstić information content (AvgIpc) is 2.36. The molecule has 0 aromatic carbocycles. The monoisotopic (exact) mass is 145 g/mol. The van der Waals surface area contributed by atoms with Gasteiger partial charge >= 0.3 is 5.97 Å². The Balaban J connectivity index is 2.39. The summed E-state index contributed by atoms with van der Waals surface area (Å²) < 4.78 is 0. The van der Waals surface area contributed by atoms with Crippen molar-refractivity contribution < 1.29 is 14.7 Å². The molecule has 0 radical (unpaired) electrons. The zero-order valence-corrected chi connectivity index (χ0v) is 5.91. The Morgan fingerprint density at radius 1 is 1.80 bits per heavy atom. The number of nitrogens with zero attached hydrogens (tertiary/aromatic N) is 1. The van der Waals surface area contributed by atoms with E-state index in [2.05, 4.69) is 0 Å². The van der Waals surface area contributed by atoms with Gasteiger partial charge in [-0.2, -0.15) is 5.06 Å². The fourth-order valence-electron chi connectivity index (χ4n) is 0.895. The number of hydrogen-bond donors (Lipinski definition) is 1. The second-order valence-electron chi connectivity index (χ2n) is 2.34. The number of carboxylic acids is 1. The maximum absolute atomic E-state index is 10.4. The van der Waals surface area contributed by atoms with Crippen LogP contribution in [0.25, 0.3) is 0 Å². The molecular weight excluding hydrogens is 134 g/mol. The van der Waals surface area contributed by atoms with E-state index in [-0.39, 0.29) is 0 Å². The quantitative estimate of drug-likeness (QED) is 0.598. The van der Waals surface area contributed by atoms with Gasteiger partial charge in [-0.25, -0.2) is 0 Å². The molecule has 1 atom stereocenters. The first-order valence-electron chi connectivity index (χ1n) is 3.34. The summed E-state index contributed by atoms with van der Waals surface area (Å²) in [6.45, 7) is 3.00. The normalized spacial score (nSPS) is 22.9. The third-order valence-corrected chi connectivity index (χ3v) is 1.57. The lowest BCUT2D eigenvalue weighted by Gasteiger charge is -2.17. The molecule has 1 rings (SSSR count). The standard InChI is InChI=1S/C6H11NO3/c1-5(6(8)9)7-3-2-4-10-7/h5H,2-4H2,1H3,(H,8,9). The minimum Gasteiger partial charge on any atom is -0.480 e. The van der Waals surface area contributed by atoms with Crippen molar-refractivity contribution in [3.8, 4) is 0 Å². The minimum absolute atomic E-state index is 0.512. The van der Waals surface area contributed by atoms with Crippen molar-refractivity contribution in [1.29, 1.82) is 0 Å². The molecule has 0 amide bonds. The highest BCUT2D eigenvalue weighted by Gasteiger charge is 2.24. The van der Waals surface area contributed by atoms with Crippen molar-refractivity contribution in [3.05, 3.63) is 0 Å². The fourth-order valence-corrected chi connectivity index (χ4v) is 0.895. The second-order valence-corrected chi connectivity index (χ2v) is 2.34. The van der Waals surface area contributed by atoms with Crippen molar-refractivity contribution in [3.63, 3.8) is 0 Å². The number of carbonyl (C=O) groups is 1. The van der Waals surface area contributed by atoms with Crippen molar-refractivity contribution in [2.45, 2.75) is 19.4 Å². The van der Waals surface area contributed by atoms with Gasteiger partial charge in [0, 0.05) is 6.54 Å². The van der Waals surface area contributed by atoms with Gasteiger partial charge in [-0.1, -0.05) is 0 Å². The summed E-state index contributed by atoms with van der Waals surface area (Å²) >= 11 is 0. The van der Waals surface area contributed by atoms with E-state index in [1.807, 2.05) is 0 Å². The first-order chi connectivity index (χ1) is 4.72. The smallest absolute Gasteiger partial charge is 0.323 e. The van der Waals surface area contributed by atoms with Gasteiger partial charge in [-0.15, -0.1) is 0 Å². The van der Waals surface area contributed by atoms with Gasteiger partial charge in [0.25, 0.3) is 0 Å². The molecule has 1 N–H and O–H groups in total. The van der Waals surface area contributed by atoms with E-state index in [0.717, 1.165) is 13.0 Å². The Morgan fingerprint density at radius 3 is 2.90 bits per heavy atom. The molecule has 4 heteroatoms. The Bertz CT molecular complexity index is 131. The molecule has 1 fully saturated rings. The molecule has 0 aliphatic carbocycles. The highest BCUT2D eigenvalue weighted by atomic mass is 16.7. The number of carboxylic acid groups (broad SMARTS) is 1. The van der Waals surface area contributed by atoms with Crippen LogP contribution in [-0.4, -0.2) is 35.3 Å². The second kappa shape index (κ2) is 2.98. The van der Waals surface area contributed by atoms with Crippen molar-refractivity contribution >= 4 is 5.97 Å². The molecule has 10 heavy (non-hydrogen) atoms. The summed E-state index contributed by atoms with van der Waals surface area (Å²) in [6.07, 6.45) is 0.928. The lowest BCUT2D eigenvalue weighted by molar-refractivity contribution is -0.171. The number of hydroxylamine groups is 2. The first kappa shape index (κ1) is 7.50. The van der Waals surface area contributed by atoms with Crippen LogP contribution < -0.4 is 0 Å². The van der Waals surface area contributed by atoms with E-state index < -0.39 is 12.0 Å². The van der Waals surface area contributed by atoms with Crippen LogP contribution in [0.15, 0.2) is 0 Å². The molecule has 0 aromatic rings. The Hall–Kier alpha value is -0.610. The number of rotatable bonds is 2. The van der Waals surface area contributed by atoms with E-state index in [4.69, 9.17) is 9.94 Å². The van der Waals surface area contributed by atoms with Crippen LogP contribution in [0.1, 0.15) is 13.3 Å². The van der Waals surface area contributed by atoms with Gasteiger partial charge < -0.3 is 5.11 Å². The Morgan fingerprint density at radius 2 is 2.50 bits per heavy atom. The molecular formula is C6H11NO3. The highest BCUT2D eigenvalue weighted by Crippen LogP contribution is 2.08. The summed E-state index contributed by atoms with van der Waals surface area (Å²) in [5.74, 6) is -0.832. The summed E-state index contributed by atoms with van der Waals surface area (Å²) in [5.41, 5.74) is 0. The molecule has 0 saturated carbocycles. The van der Waals surface area contributed by atoms with E-state index >= 15 is 0 Å². The van der Waals surface area contributed by atoms with Crippen LogP contribution in [0.4, 0.5) is 0 Å². The minimum atomic E-state index is -0.832. The Kier molecular flexibility index (Phi) is 2.24. The van der Waals surface area contributed by atoms with Gasteiger partial charge in [0.15, 0.2) is 0 Å². The SMILES string of the molecule is CC(C(=O)O)N1CCCO1. The molecule has 0 spiro atoms. The topological polar surface area (TPSA) is 49.8 Å². The van der Waals surface area contributed by atoms with Crippen molar-refractivity contribution in [2.75, 3.05) is 13.2 Å². The Labute approximate surface area is 59.3 Å². The summed E-state index contributed by atoms with van der Waals surface area (Å²) in [4.78, 5) is 15.4. The number of aliphatic carboxylic acids is 1. The van der Waals surface area contributed by atoms with Gasteiger partial charge in [-0.3, -0.25) is 9.63 Å². The summed E-state index contributed by atoms with van der Waals surface area (Å²) in [5, 5.41) is 10.0. The lowest BCUT2D eigenvalue weighted by Crippen LogP contribution is -2.35. The van der Waals surface area contributed by atoms with Crippen LogP contribution in [-0.2, 0) is 9.63 Å². The van der Waals surface area contributed by atoms with Gasteiger partial charge in [0.2, 0.25) is 0 Å². The largest absolute Gasteiger partial charge is 0.480 e. The van der Waals surface area contributed by atoms with Crippen LogP contribution in [0.3, 0.4) is 0 Å². The predicted octanol–water partition coefficient (Wildman–Crippen LogP) is 0.0968. The lowest BCUT2D eigenvalue weighted by atomic mass is 10.3. The molecule has 0 bridgehead atoms. The van der Waals surface area contributed by atoms with Crippen LogP contribution in [0, 0.1) is 0 Å². The molecule has 1 unspecified atom stereocenters. The van der Waals surface area contributed by atoms with Gasteiger partial charge in [0.1, 0.15) is 6.04 Å². The number of hydrogen-bond acceptors (Lipinski definition) is 3. The van der Waals surface area contributed by atoms with Gasteiger partial charge in [-0.05, 0) is 13.3 Å². The van der Waals surface area contributed by atoms with Crippen molar-refractivity contribution in [1.82, 2.24) is 5.06 Å². The molecule has 1 aliphatic heterocycles. The molecule has 4 nitrogen and oxygen atoms in total. The molecule has 0 aromatic heterocycles. The van der Waals surface area contributed by atoms with E-state index in [1.54, 1.807) is 6.92 Å². The van der Waals surface area contributed by atoms with Crippen LogP contribution in [0.2, 0.25) is 0 Å². The van der Waals surface area contributed by atoms with E-state index in [9.17, 15) is 4.79 Å². The third kappa shape index (κ3) is 1.46. The van der Waals surface area contributed by atoms with Gasteiger partial charge in [0.05, 0.1) is 6.61 Å². The maximum Gasteiger partial charge on any atom is 0.323 e. The first-order valence-corrected chi connectivity index (χ1v) is 3.34. The van der Waals surface area contributed by atoms with E-state index in [0.29, 0.717) is 6.61 Å². The highest BCUT2D eigenvalue weighted by molar-refractivity contribution is 5.72. The van der Waals surface area contributed by atoms with E-state index in [1.165, 1.54) is 5.06 Å². The van der Waals surface area contributed by atoms with Crippen LogP contribution >= 0.6 is 0 Å². The fraction of sp³-hybridized carbons (Fsp3) is 0.833. The molecule has 58 valence electrons. The zero-order valence-electron chi connectivity index (χ0n) is 5.91. The zero-order chi connectivity index (χ0) is 7.56. The molecule has 1 heterocycles. The molecule has 1 aliphatic rings.